The largest absolute Gasteiger partial charge is 0.451 e. The van der Waals surface area contributed by atoms with Gasteiger partial charge in [0.1, 0.15) is 0 Å². The van der Waals surface area contributed by atoms with E-state index in [9.17, 15) is 9.59 Å². The number of ether oxygens (including phenoxy) is 1. The average molecular weight is 388 g/mol. The van der Waals surface area contributed by atoms with Crippen molar-refractivity contribution in [2.75, 3.05) is 0 Å². The quantitative estimate of drug-likeness (QED) is 0.309. The molecule has 0 aliphatic heterocycles. The fourth-order valence-corrected chi connectivity index (χ4v) is 2.22. The fourth-order valence-electron chi connectivity index (χ4n) is 2.09. The molecule has 0 aliphatic carbocycles. The zero-order valence-electron chi connectivity index (χ0n) is 14.4. The number of esters is 1. The summed E-state index contributed by atoms with van der Waals surface area (Å²) in [7, 11) is 0. The van der Waals surface area contributed by atoms with E-state index in [1.54, 1.807) is 24.3 Å². The molecule has 27 heavy (non-hydrogen) atoms. The van der Waals surface area contributed by atoms with Crippen molar-refractivity contribution in [1.29, 1.82) is 0 Å². The summed E-state index contributed by atoms with van der Waals surface area (Å²) >= 11 is 5.80. The maximum Gasteiger partial charge on any atom is 0.338 e. The highest BCUT2D eigenvalue weighted by Gasteiger charge is 2.20. The number of ketones is 1. The van der Waals surface area contributed by atoms with Gasteiger partial charge in [0.15, 0.2) is 12.1 Å². The summed E-state index contributed by atoms with van der Waals surface area (Å²) in [5.74, 6) is -1.30. The molecule has 0 aromatic heterocycles. The van der Waals surface area contributed by atoms with Crippen LogP contribution >= 0.6 is 11.6 Å². The van der Waals surface area contributed by atoms with Crippen LogP contribution in [0.15, 0.2) is 58.5 Å². The molecule has 0 saturated heterocycles. The molecule has 0 heterocycles. The van der Waals surface area contributed by atoms with Crippen molar-refractivity contribution in [2.24, 2.45) is 27.2 Å². The van der Waals surface area contributed by atoms with Crippen LogP contribution in [-0.2, 0) is 4.74 Å². The maximum absolute atomic E-state index is 12.3. The lowest BCUT2D eigenvalue weighted by Gasteiger charge is -2.12. The normalized spacial score (nSPS) is 12.1. The Morgan fingerprint density at radius 2 is 1.52 bits per heavy atom. The molecule has 0 aliphatic rings. The molecule has 6 N–H and O–H groups in total. The number of guanidine groups is 2. The molecule has 0 radical (unpaired) electrons. The highest BCUT2D eigenvalue weighted by molar-refractivity contribution is 6.30. The predicted molar refractivity (Wildman–Crippen MR) is 104 cm³/mol. The number of Topliss-reactive ketones (excluding diaryl/α,β-unsaturated/α-hetero) is 1. The summed E-state index contributed by atoms with van der Waals surface area (Å²) in [6, 6.07) is 12.4. The van der Waals surface area contributed by atoms with Crippen LogP contribution in [0, 0.1) is 0 Å². The minimum atomic E-state index is -0.950. The van der Waals surface area contributed by atoms with E-state index >= 15 is 0 Å². The van der Waals surface area contributed by atoms with E-state index in [-0.39, 0.29) is 23.3 Å². The summed E-state index contributed by atoms with van der Waals surface area (Å²) < 4.78 is 5.22. The molecule has 140 valence electrons. The van der Waals surface area contributed by atoms with E-state index < -0.39 is 12.1 Å². The molecule has 2 aromatic carbocycles. The lowest BCUT2D eigenvalue weighted by atomic mass is 10.1. The smallest absolute Gasteiger partial charge is 0.338 e. The molecule has 2 rings (SSSR count). The molecule has 1 atom stereocenters. The van der Waals surface area contributed by atoms with Gasteiger partial charge in [-0.25, -0.2) is 9.79 Å². The topological polar surface area (TPSA) is 146 Å². The number of hydrogen-bond donors (Lipinski definition) is 3. The van der Waals surface area contributed by atoms with Crippen molar-refractivity contribution >= 4 is 41.0 Å². The van der Waals surface area contributed by atoms with E-state index in [1.807, 2.05) is 0 Å². The Bertz CT molecular complexity index is 888. The van der Waals surface area contributed by atoms with Crippen molar-refractivity contribution in [3.8, 4) is 0 Å². The van der Waals surface area contributed by atoms with Gasteiger partial charge in [-0.3, -0.25) is 4.79 Å². The first-order valence-corrected chi connectivity index (χ1v) is 8.18. The average Bonchev–Trinajstić information content (AvgIpc) is 2.61. The van der Waals surface area contributed by atoms with Crippen molar-refractivity contribution in [1.82, 2.24) is 0 Å². The molecule has 2 aromatic rings. The Labute approximate surface area is 160 Å². The number of benzene rings is 2. The third-order valence-electron chi connectivity index (χ3n) is 3.37. The molecular weight excluding hydrogens is 370 g/mol. The first-order chi connectivity index (χ1) is 12.8. The second-order valence-electron chi connectivity index (χ2n) is 5.47. The molecule has 9 heteroatoms. The summed E-state index contributed by atoms with van der Waals surface area (Å²) in [6.07, 6.45) is -0.950. The highest BCUT2D eigenvalue weighted by Crippen LogP contribution is 2.16. The molecule has 0 spiro atoms. The van der Waals surface area contributed by atoms with Crippen LogP contribution < -0.4 is 17.2 Å². The molecule has 1 unspecified atom stereocenters. The number of halogens is 1. The Balaban J connectivity index is 2.04. The number of aliphatic imine (C=N–C) groups is 2. The van der Waals surface area contributed by atoms with Crippen LogP contribution in [0.3, 0.4) is 0 Å². The Morgan fingerprint density at radius 3 is 2.07 bits per heavy atom. The van der Waals surface area contributed by atoms with Crippen LogP contribution in [-0.4, -0.2) is 29.8 Å². The number of carbonyl (C=O) groups is 2. The van der Waals surface area contributed by atoms with Crippen LogP contribution in [0.2, 0.25) is 5.02 Å². The monoisotopic (exact) mass is 387 g/mol. The minimum Gasteiger partial charge on any atom is -0.451 e. The van der Waals surface area contributed by atoms with Gasteiger partial charge in [-0.05, 0) is 55.5 Å². The van der Waals surface area contributed by atoms with Crippen LogP contribution in [0.1, 0.15) is 27.6 Å². The summed E-state index contributed by atoms with van der Waals surface area (Å²) in [6.45, 7) is 1.50. The minimum absolute atomic E-state index is 0.118. The molecule has 0 amide bonds. The fraction of sp³-hybridized carbons (Fsp3) is 0.111. The SMILES string of the molecule is CC(OC(=O)c1ccc(N=C(N)N=C(N)N)cc1)C(=O)c1ccc(Cl)cc1. The standard InChI is InChI=1S/C18H18ClN5O3/c1-10(15(25)11-2-6-13(19)7-3-11)27-16(26)12-4-8-14(9-5-12)23-18(22)24-17(20)21/h2-10H,1H3,(H6,20,21,22,23,24). The van der Waals surface area contributed by atoms with E-state index in [1.165, 1.54) is 31.2 Å². The van der Waals surface area contributed by atoms with E-state index in [4.69, 9.17) is 33.5 Å². The van der Waals surface area contributed by atoms with Crippen molar-refractivity contribution in [3.63, 3.8) is 0 Å². The lowest BCUT2D eigenvalue weighted by Crippen LogP contribution is -2.26. The van der Waals surface area contributed by atoms with Gasteiger partial charge in [0.25, 0.3) is 0 Å². The predicted octanol–water partition coefficient (Wildman–Crippen LogP) is 1.99. The van der Waals surface area contributed by atoms with Crippen molar-refractivity contribution in [3.05, 3.63) is 64.7 Å². The zero-order chi connectivity index (χ0) is 20.0. The van der Waals surface area contributed by atoms with Crippen molar-refractivity contribution < 1.29 is 14.3 Å². The van der Waals surface area contributed by atoms with Crippen molar-refractivity contribution in [2.45, 2.75) is 13.0 Å². The molecule has 0 saturated carbocycles. The van der Waals surface area contributed by atoms with Gasteiger partial charge in [0.05, 0.1) is 11.3 Å². The number of rotatable bonds is 5. The second-order valence-corrected chi connectivity index (χ2v) is 5.91. The molecule has 0 bridgehead atoms. The first-order valence-electron chi connectivity index (χ1n) is 7.81. The Morgan fingerprint density at radius 1 is 0.963 bits per heavy atom. The molecule has 8 nitrogen and oxygen atoms in total. The number of nitrogens with two attached hydrogens (primary N) is 3. The molecular formula is C18H18ClN5O3. The van der Waals surface area contributed by atoms with Crippen LogP contribution in [0.4, 0.5) is 5.69 Å². The number of hydrogen-bond acceptors (Lipinski definition) is 4. The zero-order valence-corrected chi connectivity index (χ0v) is 15.2. The molecule has 0 fully saturated rings. The van der Waals surface area contributed by atoms with Gasteiger partial charge in [0.2, 0.25) is 11.7 Å². The third-order valence-corrected chi connectivity index (χ3v) is 3.62. The highest BCUT2D eigenvalue weighted by atomic mass is 35.5. The van der Waals surface area contributed by atoms with E-state index in [0.717, 1.165) is 0 Å². The van der Waals surface area contributed by atoms with Crippen LogP contribution in [0.5, 0.6) is 0 Å². The number of carbonyl (C=O) groups excluding carboxylic acids is 2. The van der Waals surface area contributed by atoms with Gasteiger partial charge in [-0.2, -0.15) is 4.99 Å². The summed E-state index contributed by atoms with van der Waals surface area (Å²) in [5, 5.41) is 0.513. The first kappa shape index (κ1) is 19.9. The second kappa shape index (κ2) is 8.81. The van der Waals surface area contributed by atoms with Crippen LogP contribution in [0.25, 0.3) is 0 Å². The van der Waals surface area contributed by atoms with Gasteiger partial charge in [-0.1, -0.05) is 11.6 Å². The van der Waals surface area contributed by atoms with Gasteiger partial charge < -0.3 is 21.9 Å². The van der Waals surface area contributed by atoms with E-state index in [2.05, 4.69) is 9.98 Å². The Kier molecular flexibility index (Phi) is 6.51. The summed E-state index contributed by atoms with van der Waals surface area (Å²) in [4.78, 5) is 32.1. The van der Waals surface area contributed by atoms with Gasteiger partial charge in [-0.15, -0.1) is 0 Å². The maximum atomic E-state index is 12.3. The Hall–Kier alpha value is -3.39. The van der Waals surface area contributed by atoms with Gasteiger partial charge in [0, 0.05) is 10.6 Å². The van der Waals surface area contributed by atoms with E-state index in [0.29, 0.717) is 16.3 Å². The lowest BCUT2D eigenvalue weighted by molar-refractivity contribution is 0.0319. The van der Waals surface area contributed by atoms with Gasteiger partial charge >= 0.3 is 5.97 Å². The third kappa shape index (κ3) is 5.82. The number of nitrogens with zero attached hydrogens (tertiary/aromatic N) is 2. The summed E-state index contributed by atoms with van der Waals surface area (Å²) in [5.41, 5.74) is 17.0.